The molecule has 0 spiro atoms. The third kappa shape index (κ3) is 3.06. The first-order valence-electron chi connectivity index (χ1n) is 5.79. The fourth-order valence-electron chi connectivity index (χ4n) is 1.64. The molecule has 5 heteroatoms. The maximum Gasteiger partial charge on any atom is 0.309 e. The van der Waals surface area contributed by atoms with Crippen LogP contribution in [-0.4, -0.2) is 18.5 Å². The molecule has 1 amide bonds. The number of amides is 1. The second-order valence-corrected chi connectivity index (χ2v) is 4.46. The van der Waals surface area contributed by atoms with Gasteiger partial charge in [-0.15, -0.1) is 0 Å². The summed E-state index contributed by atoms with van der Waals surface area (Å²) in [5, 5.41) is 2.34. The van der Waals surface area contributed by atoms with Crippen LogP contribution < -0.4 is 5.32 Å². The number of nitrogens with one attached hydrogen (secondary N) is 1. The van der Waals surface area contributed by atoms with Gasteiger partial charge in [0.2, 0.25) is 0 Å². The lowest BCUT2D eigenvalue weighted by molar-refractivity contribution is -0.148. The zero-order valence-electron chi connectivity index (χ0n) is 9.98. The van der Waals surface area contributed by atoms with Gasteiger partial charge in [-0.25, -0.2) is 4.39 Å². The molecule has 2 rings (SSSR count). The molecule has 96 valence electrons. The smallest absolute Gasteiger partial charge is 0.309 e. The van der Waals surface area contributed by atoms with E-state index in [0.29, 0.717) is 5.92 Å². The van der Waals surface area contributed by atoms with Gasteiger partial charge in [-0.3, -0.25) is 9.59 Å². The van der Waals surface area contributed by atoms with E-state index in [4.69, 9.17) is 4.74 Å². The van der Waals surface area contributed by atoms with Gasteiger partial charge in [-0.2, -0.15) is 0 Å². The number of halogens is 1. The number of ether oxygens (including phenoxy) is 1. The molecule has 0 saturated heterocycles. The molecule has 1 fully saturated rings. The number of carbonyl (C=O) groups excluding carboxylic acids is 2. The molecule has 1 aromatic carbocycles. The average Bonchev–Trinajstić information content (AvgIpc) is 3.06. The number of benzene rings is 1. The minimum atomic E-state index is -0.540. The molecule has 0 aliphatic heterocycles. The van der Waals surface area contributed by atoms with Crippen LogP contribution in [0.1, 0.15) is 13.3 Å². The average molecular weight is 251 g/mol. The summed E-state index contributed by atoms with van der Waals surface area (Å²) in [7, 11) is 0. The number of hydrogen-bond acceptors (Lipinski definition) is 3. The number of carbonyl (C=O) groups is 2. The molecule has 4 nitrogen and oxygen atoms in total. The third-order valence-electron chi connectivity index (χ3n) is 2.91. The van der Waals surface area contributed by atoms with Gasteiger partial charge >= 0.3 is 5.97 Å². The van der Waals surface area contributed by atoms with Gasteiger partial charge in [0.25, 0.3) is 5.91 Å². The minimum Gasteiger partial charge on any atom is -0.455 e. The summed E-state index contributed by atoms with van der Waals surface area (Å²) in [4.78, 5) is 22.8. The highest BCUT2D eigenvalue weighted by atomic mass is 19.1. The molecule has 18 heavy (non-hydrogen) atoms. The van der Waals surface area contributed by atoms with Crippen LogP contribution >= 0.6 is 0 Å². The summed E-state index contributed by atoms with van der Waals surface area (Å²) in [5.41, 5.74) is 0.0818. The van der Waals surface area contributed by atoms with Crippen molar-refractivity contribution in [2.24, 2.45) is 11.8 Å². The Balaban J connectivity index is 1.79. The molecule has 0 aromatic heterocycles. The number of esters is 1. The van der Waals surface area contributed by atoms with Gasteiger partial charge in [0, 0.05) is 0 Å². The second kappa shape index (κ2) is 5.16. The van der Waals surface area contributed by atoms with E-state index in [2.05, 4.69) is 5.32 Å². The van der Waals surface area contributed by atoms with Crippen LogP contribution in [0.5, 0.6) is 0 Å². The highest BCUT2D eigenvalue weighted by molar-refractivity contribution is 5.93. The number of para-hydroxylation sites is 1. The Hall–Kier alpha value is -1.91. The molecule has 1 aromatic rings. The predicted octanol–water partition coefficient (Wildman–Crippen LogP) is 1.96. The molecular formula is C13H14FNO3. The molecule has 0 unspecified atom stereocenters. The van der Waals surface area contributed by atoms with E-state index in [1.54, 1.807) is 6.07 Å². The van der Waals surface area contributed by atoms with Gasteiger partial charge in [0.15, 0.2) is 6.61 Å². The van der Waals surface area contributed by atoms with E-state index >= 15 is 0 Å². The summed E-state index contributed by atoms with van der Waals surface area (Å²) in [5.74, 6) is -1.15. The van der Waals surface area contributed by atoms with Gasteiger partial charge in [-0.05, 0) is 24.5 Å². The molecule has 1 aliphatic rings. The monoisotopic (exact) mass is 251 g/mol. The maximum absolute atomic E-state index is 13.2. The van der Waals surface area contributed by atoms with Crippen LogP contribution in [0.2, 0.25) is 0 Å². The lowest BCUT2D eigenvalue weighted by Gasteiger charge is -2.06. The van der Waals surface area contributed by atoms with Crippen molar-refractivity contribution in [3.05, 3.63) is 30.1 Å². The Bertz CT molecular complexity index is 475. The van der Waals surface area contributed by atoms with Crippen LogP contribution in [0.15, 0.2) is 24.3 Å². The largest absolute Gasteiger partial charge is 0.455 e. The van der Waals surface area contributed by atoms with E-state index in [1.807, 2.05) is 6.92 Å². The normalized spacial score (nSPS) is 21.2. The highest BCUT2D eigenvalue weighted by Gasteiger charge is 2.40. The van der Waals surface area contributed by atoms with Crippen molar-refractivity contribution in [1.82, 2.24) is 0 Å². The zero-order chi connectivity index (χ0) is 13.1. The lowest BCUT2D eigenvalue weighted by Crippen LogP contribution is -2.22. The van der Waals surface area contributed by atoms with Crippen molar-refractivity contribution in [3.8, 4) is 0 Å². The van der Waals surface area contributed by atoms with E-state index in [0.717, 1.165) is 6.42 Å². The van der Waals surface area contributed by atoms with Crippen molar-refractivity contribution >= 4 is 17.6 Å². The van der Waals surface area contributed by atoms with Crippen molar-refractivity contribution < 1.29 is 18.7 Å². The predicted molar refractivity (Wildman–Crippen MR) is 63.3 cm³/mol. The number of rotatable bonds is 4. The van der Waals surface area contributed by atoms with E-state index in [-0.39, 0.29) is 24.2 Å². The first-order valence-corrected chi connectivity index (χ1v) is 5.79. The molecule has 1 saturated carbocycles. The van der Waals surface area contributed by atoms with Gasteiger partial charge < -0.3 is 10.1 Å². The third-order valence-corrected chi connectivity index (χ3v) is 2.91. The standard InChI is InChI=1S/C13H14FNO3/c1-8-6-9(8)13(17)18-7-12(16)15-11-5-3-2-4-10(11)14/h2-5,8-9H,6-7H2,1H3,(H,15,16)/t8-,9-/m1/s1. The van der Waals surface area contributed by atoms with E-state index in [1.165, 1.54) is 18.2 Å². The first kappa shape index (κ1) is 12.5. The number of anilines is 1. The van der Waals surface area contributed by atoms with Crippen molar-refractivity contribution in [2.45, 2.75) is 13.3 Å². The lowest BCUT2D eigenvalue weighted by atomic mass is 10.3. The maximum atomic E-state index is 13.2. The summed E-state index contributed by atoms with van der Waals surface area (Å²) in [6.07, 6.45) is 0.813. The van der Waals surface area contributed by atoms with Gasteiger partial charge in [-0.1, -0.05) is 19.1 Å². The zero-order valence-corrected chi connectivity index (χ0v) is 9.98. The minimum absolute atomic E-state index is 0.0775. The molecule has 1 N–H and O–H groups in total. The second-order valence-electron chi connectivity index (χ2n) is 4.46. The number of hydrogen-bond donors (Lipinski definition) is 1. The fourth-order valence-corrected chi connectivity index (χ4v) is 1.64. The van der Waals surface area contributed by atoms with Crippen LogP contribution in [0.3, 0.4) is 0 Å². The molecule has 1 aliphatic carbocycles. The Morgan fingerprint density at radius 1 is 1.44 bits per heavy atom. The van der Waals surface area contributed by atoms with Crippen molar-refractivity contribution in [3.63, 3.8) is 0 Å². The van der Waals surface area contributed by atoms with E-state index < -0.39 is 11.7 Å². The van der Waals surface area contributed by atoms with Gasteiger partial charge in [0.05, 0.1) is 11.6 Å². The van der Waals surface area contributed by atoms with Crippen molar-refractivity contribution in [2.75, 3.05) is 11.9 Å². The summed E-state index contributed by atoms with van der Waals surface area (Å²) >= 11 is 0. The topological polar surface area (TPSA) is 55.4 Å². The van der Waals surface area contributed by atoms with Crippen molar-refractivity contribution in [1.29, 1.82) is 0 Å². The fraction of sp³-hybridized carbons (Fsp3) is 0.385. The first-order chi connectivity index (χ1) is 8.58. The Kier molecular flexibility index (Phi) is 3.60. The van der Waals surface area contributed by atoms with Crippen LogP contribution in [0.25, 0.3) is 0 Å². The summed E-state index contributed by atoms with van der Waals surface area (Å²) in [6.45, 7) is 1.57. The van der Waals surface area contributed by atoms with Gasteiger partial charge in [0.1, 0.15) is 5.82 Å². The Labute approximate surface area is 104 Å². The summed E-state index contributed by atoms with van der Waals surface area (Å²) in [6, 6.07) is 5.82. The molecule has 0 radical (unpaired) electrons. The van der Waals surface area contributed by atoms with Crippen LogP contribution in [0.4, 0.5) is 10.1 Å². The van der Waals surface area contributed by atoms with Crippen LogP contribution in [-0.2, 0) is 14.3 Å². The SMILES string of the molecule is C[C@@H]1C[C@H]1C(=O)OCC(=O)Nc1ccccc1F. The molecule has 0 heterocycles. The molecular weight excluding hydrogens is 237 g/mol. The summed E-state index contributed by atoms with van der Waals surface area (Å²) < 4.78 is 18.1. The molecule has 2 atom stereocenters. The quantitative estimate of drug-likeness (QED) is 0.832. The molecule has 0 bridgehead atoms. The Morgan fingerprint density at radius 2 is 2.11 bits per heavy atom. The Morgan fingerprint density at radius 3 is 2.72 bits per heavy atom. The van der Waals surface area contributed by atoms with Crippen LogP contribution in [0, 0.1) is 17.7 Å². The van der Waals surface area contributed by atoms with E-state index in [9.17, 15) is 14.0 Å². The highest BCUT2D eigenvalue weighted by Crippen LogP contribution is 2.38.